The van der Waals surface area contributed by atoms with E-state index in [1.807, 2.05) is 6.07 Å². The molecule has 0 spiro atoms. The third kappa shape index (κ3) is 3.50. The van der Waals surface area contributed by atoms with Crippen molar-refractivity contribution >= 4 is 21.5 Å². The first-order valence-corrected chi connectivity index (χ1v) is 8.72. The fraction of sp³-hybridized carbons (Fsp3) is 0.500. The summed E-state index contributed by atoms with van der Waals surface area (Å²) >= 11 is 0. The van der Waals surface area contributed by atoms with Crippen molar-refractivity contribution in [3.8, 4) is 0 Å². The van der Waals surface area contributed by atoms with Gasteiger partial charge in [0.25, 0.3) is 0 Å². The number of hydrogen-bond donors (Lipinski definition) is 1. The second-order valence-electron chi connectivity index (χ2n) is 5.18. The Kier molecular flexibility index (Phi) is 4.32. The van der Waals surface area contributed by atoms with E-state index in [0.29, 0.717) is 18.5 Å². The molecular weight excluding hydrogens is 278 g/mol. The number of carbonyl (C=O) groups is 1. The Morgan fingerprint density at radius 2 is 2.15 bits per heavy atom. The standard InChI is InChI=1S/C14H19NO4S/c1-20(18,19)10-4-9-15-8-3-6-11-12(14(16)17)5-2-7-13(11)15/h2,5,7H,3-4,6,8-10H2,1H3,(H,16,17). The van der Waals surface area contributed by atoms with E-state index in [1.54, 1.807) is 12.1 Å². The van der Waals surface area contributed by atoms with Crippen LogP contribution in [-0.4, -0.2) is 44.6 Å². The highest BCUT2D eigenvalue weighted by molar-refractivity contribution is 7.90. The molecule has 0 fully saturated rings. The Morgan fingerprint density at radius 1 is 1.40 bits per heavy atom. The van der Waals surface area contributed by atoms with Crippen LogP contribution in [-0.2, 0) is 16.3 Å². The van der Waals surface area contributed by atoms with Gasteiger partial charge in [-0.3, -0.25) is 0 Å². The van der Waals surface area contributed by atoms with Crippen molar-refractivity contribution in [1.29, 1.82) is 0 Å². The highest BCUT2D eigenvalue weighted by Gasteiger charge is 2.21. The van der Waals surface area contributed by atoms with Crippen LogP contribution in [0, 0.1) is 0 Å². The highest BCUT2D eigenvalue weighted by Crippen LogP contribution is 2.30. The lowest BCUT2D eigenvalue weighted by atomic mass is 9.96. The molecule has 1 aromatic carbocycles. The van der Waals surface area contributed by atoms with Crippen LogP contribution >= 0.6 is 0 Å². The molecule has 0 radical (unpaired) electrons. The minimum atomic E-state index is -2.94. The summed E-state index contributed by atoms with van der Waals surface area (Å²) in [6, 6.07) is 5.29. The molecule has 110 valence electrons. The van der Waals surface area contributed by atoms with Crippen LogP contribution in [0.4, 0.5) is 5.69 Å². The zero-order valence-electron chi connectivity index (χ0n) is 11.5. The Morgan fingerprint density at radius 3 is 2.80 bits per heavy atom. The molecule has 0 aliphatic carbocycles. The van der Waals surface area contributed by atoms with E-state index in [9.17, 15) is 18.3 Å². The average molecular weight is 297 g/mol. The maximum atomic E-state index is 11.2. The molecule has 20 heavy (non-hydrogen) atoms. The molecule has 1 heterocycles. The van der Waals surface area contributed by atoms with Crippen molar-refractivity contribution in [3.05, 3.63) is 29.3 Å². The second kappa shape index (κ2) is 5.83. The lowest BCUT2D eigenvalue weighted by molar-refractivity contribution is 0.0695. The first-order chi connectivity index (χ1) is 9.38. The van der Waals surface area contributed by atoms with Gasteiger partial charge in [0.15, 0.2) is 0 Å². The van der Waals surface area contributed by atoms with Gasteiger partial charge in [-0.25, -0.2) is 13.2 Å². The molecule has 1 aliphatic rings. The fourth-order valence-electron chi connectivity index (χ4n) is 2.65. The van der Waals surface area contributed by atoms with E-state index in [1.165, 1.54) is 6.26 Å². The number of fused-ring (bicyclic) bond motifs is 1. The summed E-state index contributed by atoms with van der Waals surface area (Å²) < 4.78 is 22.3. The van der Waals surface area contributed by atoms with Gasteiger partial charge in [0.05, 0.1) is 11.3 Å². The van der Waals surface area contributed by atoms with Crippen LogP contribution in [0.25, 0.3) is 0 Å². The number of rotatable bonds is 5. The van der Waals surface area contributed by atoms with E-state index in [-0.39, 0.29) is 5.75 Å². The molecule has 1 aromatic rings. The van der Waals surface area contributed by atoms with E-state index >= 15 is 0 Å². The molecule has 0 saturated heterocycles. The SMILES string of the molecule is CS(=O)(=O)CCCN1CCCc2c(C(=O)O)cccc21. The van der Waals surface area contributed by atoms with Crippen molar-refractivity contribution in [2.24, 2.45) is 0 Å². The van der Waals surface area contributed by atoms with Gasteiger partial charge < -0.3 is 10.0 Å². The monoisotopic (exact) mass is 297 g/mol. The molecule has 2 rings (SSSR count). The van der Waals surface area contributed by atoms with Gasteiger partial charge in [-0.2, -0.15) is 0 Å². The Bertz CT molecular complexity index is 610. The molecule has 0 aromatic heterocycles. The summed E-state index contributed by atoms with van der Waals surface area (Å²) in [7, 11) is -2.94. The number of aromatic carboxylic acids is 1. The van der Waals surface area contributed by atoms with Gasteiger partial charge in [-0.15, -0.1) is 0 Å². The van der Waals surface area contributed by atoms with Gasteiger partial charge in [-0.05, 0) is 37.0 Å². The maximum absolute atomic E-state index is 11.2. The van der Waals surface area contributed by atoms with Crippen molar-refractivity contribution in [2.45, 2.75) is 19.3 Å². The van der Waals surface area contributed by atoms with Gasteiger partial charge in [0.1, 0.15) is 9.84 Å². The van der Waals surface area contributed by atoms with E-state index in [4.69, 9.17) is 0 Å². The lowest BCUT2D eigenvalue weighted by Crippen LogP contribution is -2.32. The highest BCUT2D eigenvalue weighted by atomic mass is 32.2. The van der Waals surface area contributed by atoms with E-state index in [0.717, 1.165) is 30.6 Å². The van der Waals surface area contributed by atoms with Gasteiger partial charge >= 0.3 is 5.97 Å². The average Bonchev–Trinajstić information content (AvgIpc) is 2.36. The first-order valence-electron chi connectivity index (χ1n) is 6.66. The number of nitrogens with zero attached hydrogens (tertiary/aromatic N) is 1. The second-order valence-corrected chi connectivity index (χ2v) is 7.44. The van der Waals surface area contributed by atoms with Gasteiger partial charge in [-0.1, -0.05) is 6.07 Å². The zero-order chi connectivity index (χ0) is 14.8. The summed E-state index contributed by atoms with van der Waals surface area (Å²) in [5, 5.41) is 9.21. The number of carboxylic acid groups (broad SMARTS) is 1. The third-order valence-corrected chi connectivity index (χ3v) is 4.55. The summed E-state index contributed by atoms with van der Waals surface area (Å²) in [5.74, 6) is -0.739. The van der Waals surface area contributed by atoms with Crippen LogP contribution in [0.5, 0.6) is 0 Å². The predicted molar refractivity (Wildman–Crippen MR) is 78.3 cm³/mol. The molecule has 0 saturated carbocycles. The molecule has 5 nitrogen and oxygen atoms in total. The summed E-state index contributed by atoms with van der Waals surface area (Å²) in [6.07, 6.45) is 3.46. The number of benzene rings is 1. The molecule has 6 heteroatoms. The zero-order valence-corrected chi connectivity index (χ0v) is 12.3. The summed E-state index contributed by atoms with van der Waals surface area (Å²) in [5.41, 5.74) is 2.16. The van der Waals surface area contributed by atoms with Crippen LogP contribution in [0.2, 0.25) is 0 Å². The minimum Gasteiger partial charge on any atom is -0.478 e. The Labute approximate surface area is 119 Å². The van der Waals surface area contributed by atoms with Crippen molar-refractivity contribution in [3.63, 3.8) is 0 Å². The quantitative estimate of drug-likeness (QED) is 0.893. The summed E-state index contributed by atoms with van der Waals surface area (Å²) in [6.45, 7) is 1.49. The maximum Gasteiger partial charge on any atom is 0.336 e. The minimum absolute atomic E-state index is 0.164. The van der Waals surface area contributed by atoms with E-state index < -0.39 is 15.8 Å². The van der Waals surface area contributed by atoms with Crippen molar-refractivity contribution in [1.82, 2.24) is 0 Å². The molecular formula is C14H19NO4S. The van der Waals surface area contributed by atoms with Crippen LogP contribution in [0.15, 0.2) is 18.2 Å². The number of carboxylic acids is 1. The molecule has 1 N–H and O–H groups in total. The third-order valence-electron chi connectivity index (χ3n) is 3.52. The number of hydrogen-bond acceptors (Lipinski definition) is 4. The molecule has 0 atom stereocenters. The van der Waals surface area contributed by atoms with Crippen LogP contribution in [0.1, 0.15) is 28.8 Å². The van der Waals surface area contributed by atoms with Gasteiger partial charge in [0.2, 0.25) is 0 Å². The largest absolute Gasteiger partial charge is 0.478 e. The number of sulfone groups is 1. The molecule has 0 bridgehead atoms. The van der Waals surface area contributed by atoms with Crippen LogP contribution < -0.4 is 4.90 Å². The topological polar surface area (TPSA) is 74.7 Å². The first kappa shape index (κ1) is 14.8. The van der Waals surface area contributed by atoms with Crippen molar-refractivity contribution < 1.29 is 18.3 Å². The molecule has 0 amide bonds. The lowest BCUT2D eigenvalue weighted by Gasteiger charge is -2.32. The normalized spacial score (nSPS) is 14.9. The van der Waals surface area contributed by atoms with Crippen LogP contribution in [0.3, 0.4) is 0 Å². The molecule has 0 unspecified atom stereocenters. The Hall–Kier alpha value is -1.56. The van der Waals surface area contributed by atoms with Crippen molar-refractivity contribution in [2.75, 3.05) is 30.0 Å². The fourth-order valence-corrected chi connectivity index (χ4v) is 3.30. The summed E-state index contributed by atoms with van der Waals surface area (Å²) in [4.78, 5) is 13.3. The Balaban J connectivity index is 2.16. The number of anilines is 1. The molecule has 1 aliphatic heterocycles. The van der Waals surface area contributed by atoms with E-state index in [2.05, 4.69) is 4.90 Å². The predicted octanol–water partition coefficient (Wildman–Crippen LogP) is 1.57. The smallest absolute Gasteiger partial charge is 0.336 e. The van der Waals surface area contributed by atoms with Gasteiger partial charge in [0, 0.05) is 25.0 Å².